The fraction of sp³-hybridized carbons (Fsp3) is 0.455. The van der Waals surface area contributed by atoms with Gasteiger partial charge in [-0.2, -0.15) is 0 Å². The SMILES string of the molecule is O=C(CCCOc1ccccc1F)N1CCC(N2CCCCCCOc3ccccc3Oc3ncccc3C2)CC1. The lowest BCUT2D eigenvalue weighted by Gasteiger charge is -2.39. The molecule has 7 nitrogen and oxygen atoms in total. The number of halogens is 1. The number of nitrogens with zero attached hydrogens (tertiary/aromatic N) is 3. The maximum atomic E-state index is 13.7. The van der Waals surface area contributed by atoms with E-state index in [1.54, 1.807) is 24.4 Å². The summed E-state index contributed by atoms with van der Waals surface area (Å²) >= 11 is 0. The molecule has 0 spiro atoms. The van der Waals surface area contributed by atoms with Gasteiger partial charge in [-0.1, -0.05) is 43.2 Å². The van der Waals surface area contributed by atoms with Gasteiger partial charge in [0.1, 0.15) is 0 Å². The third kappa shape index (κ3) is 8.19. The van der Waals surface area contributed by atoms with Crippen molar-refractivity contribution in [3.8, 4) is 23.1 Å². The number of carbonyl (C=O) groups is 1. The molecule has 0 aliphatic carbocycles. The van der Waals surface area contributed by atoms with Gasteiger partial charge in [-0.25, -0.2) is 9.37 Å². The first kappa shape index (κ1) is 28.9. The number of aromatic nitrogens is 1. The van der Waals surface area contributed by atoms with Gasteiger partial charge >= 0.3 is 0 Å². The van der Waals surface area contributed by atoms with Crippen molar-refractivity contribution in [1.82, 2.24) is 14.8 Å². The summed E-state index contributed by atoms with van der Waals surface area (Å²) < 4.78 is 31.6. The van der Waals surface area contributed by atoms with Crippen molar-refractivity contribution >= 4 is 5.91 Å². The van der Waals surface area contributed by atoms with E-state index in [9.17, 15) is 9.18 Å². The van der Waals surface area contributed by atoms with Gasteiger partial charge in [0.25, 0.3) is 0 Å². The Hall–Kier alpha value is -3.65. The van der Waals surface area contributed by atoms with Gasteiger partial charge in [0, 0.05) is 43.9 Å². The fourth-order valence-electron chi connectivity index (χ4n) is 5.56. The van der Waals surface area contributed by atoms with E-state index in [4.69, 9.17) is 14.2 Å². The molecule has 1 saturated heterocycles. The Labute approximate surface area is 242 Å². The highest BCUT2D eigenvalue weighted by atomic mass is 19.1. The highest BCUT2D eigenvalue weighted by molar-refractivity contribution is 5.76. The molecule has 1 fully saturated rings. The standard InChI is InChI=1S/C33H40FN3O4/c34-28-12-3-4-13-29(28)39-24-10-16-32(38)36-21-17-27(18-22-36)37-20-7-1-2-8-23-40-30-14-5-6-15-31(30)41-33-26(25-37)11-9-19-35-33/h3-6,9,11-15,19,27H,1-2,7-8,10,16-18,20-25H2. The summed E-state index contributed by atoms with van der Waals surface area (Å²) in [5.74, 6) is 2.03. The van der Waals surface area contributed by atoms with E-state index in [2.05, 4.69) is 16.0 Å². The molecular formula is C33H40FN3O4. The van der Waals surface area contributed by atoms with E-state index in [1.165, 1.54) is 6.07 Å². The summed E-state index contributed by atoms with van der Waals surface area (Å²) in [6.07, 6.45) is 9.02. The van der Waals surface area contributed by atoms with Crippen LogP contribution >= 0.6 is 0 Å². The first-order chi connectivity index (χ1) is 20.2. The quantitative estimate of drug-likeness (QED) is 0.315. The molecule has 0 bridgehead atoms. The van der Waals surface area contributed by atoms with Gasteiger partial charge in [-0.3, -0.25) is 9.69 Å². The molecule has 0 saturated carbocycles. The zero-order chi connectivity index (χ0) is 28.3. The van der Waals surface area contributed by atoms with Gasteiger partial charge in [-0.15, -0.1) is 0 Å². The molecule has 218 valence electrons. The number of carbonyl (C=O) groups excluding carboxylic acids is 1. The summed E-state index contributed by atoms with van der Waals surface area (Å²) in [5, 5.41) is 0. The van der Waals surface area contributed by atoms with E-state index in [-0.39, 0.29) is 17.5 Å². The topological polar surface area (TPSA) is 64.1 Å². The maximum absolute atomic E-state index is 13.7. The van der Waals surface area contributed by atoms with Crippen molar-refractivity contribution < 1.29 is 23.4 Å². The minimum Gasteiger partial charge on any atom is -0.491 e. The van der Waals surface area contributed by atoms with Crippen molar-refractivity contribution in [1.29, 1.82) is 0 Å². The average Bonchev–Trinajstić information content (AvgIpc) is 3.00. The van der Waals surface area contributed by atoms with Gasteiger partial charge < -0.3 is 19.1 Å². The molecule has 0 atom stereocenters. The van der Waals surface area contributed by atoms with Crippen LogP contribution in [0.25, 0.3) is 0 Å². The number of ether oxygens (including phenoxy) is 3. The number of hydrogen-bond donors (Lipinski definition) is 0. The highest BCUT2D eigenvalue weighted by Gasteiger charge is 2.27. The molecule has 0 radical (unpaired) electrons. The number of amides is 1. The molecule has 2 aromatic carbocycles. The van der Waals surface area contributed by atoms with Crippen LogP contribution < -0.4 is 14.2 Å². The van der Waals surface area contributed by atoms with E-state index >= 15 is 0 Å². The first-order valence-electron chi connectivity index (χ1n) is 14.9. The Bertz CT molecular complexity index is 1260. The largest absolute Gasteiger partial charge is 0.491 e. The number of benzene rings is 2. The predicted octanol–water partition coefficient (Wildman–Crippen LogP) is 6.62. The second kappa shape index (κ2) is 14.8. The fourth-order valence-corrected chi connectivity index (χ4v) is 5.56. The van der Waals surface area contributed by atoms with Crippen molar-refractivity contribution in [3.05, 3.63) is 78.2 Å². The molecule has 0 unspecified atom stereocenters. The van der Waals surface area contributed by atoms with Crippen molar-refractivity contribution in [3.63, 3.8) is 0 Å². The molecule has 2 aliphatic rings. The molecule has 0 N–H and O–H groups in total. The molecule has 1 aromatic heterocycles. The molecule has 8 heteroatoms. The van der Waals surface area contributed by atoms with Crippen LogP contribution in [0.3, 0.4) is 0 Å². The number of piperidine rings is 1. The van der Waals surface area contributed by atoms with Gasteiger partial charge in [0.2, 0.25) is 11.8 Å². The molecule has 3 heterocycles. The Morgan fingerprint density at radius 3 is 2.56 bits per heavy atom. The molecular weight excluding hydrogens is 521 g/mol. The van der Waals surface area contributed by atoms with Crippen LogP contribution in [0.1, 0.15) is 56.9 Å². The highest BCUT2D eigenvalue weighted by Crippen LogP contribution is 2.33. The average molecular weight is 562 g/mol. The lowest BCUT2D eigenvalue weighted by molar-refractivity contribution is -0.133. The third-order valence-corrected chi connectivity index (χ3v) is 7.84. The Morgan fingerprint density at radius 1 is 0.927 bits per heavy atom. The third-order valence-electron chi connectivity index (χ3n) is 7.84. The number of likely N-dealkylation sites (tertiary alicyclic amines) is 1. The van der Waals surface area contributed by atoms with Gasteiger partial charge in [0.05, 0.1) is 13.2 Å². The number of hydrogen-bond acceptors (Lipinski definition) is 6. The summed E-state index contributed by atoms with van der Waals surface area (Å²) in [4.78, 5) is 22.0. The molecule has 2 aliphatic heterocycles. The van der Waals surface area contributed by atoms with Crippen LogP contribution in [0.2, 0.25) is 0 Å². The van der Waals surface area contributed by atoms with Crippen molar-refractivity contribution in [2.75, 3.05) is 32.8 Å². The van der Waals surface area contributed by atoms with Crippen molar-refractivity contribution in [2.24, 2.45) is 0 Å². The smallest absolute Gasteiger partial charge is 0.223 e. The minimum absolute atomic E-state index is 0.144. The molecule has 3 aromatic rings. The minimum atomic E-state index is -0.377. The number of rotatable bonds is 6. The van der Waals surface area contributed by atoms with Crippen LogP contribution in [-0.2, 0) is 11.3 Å². The van der Waals surface area contributed by atoms with Crippen LogP contribution in [0.5, 0.6) is 23.1 Å². The first-order valence-corrected chi connectivity index (χ1v) is 14.9. The van der Waals surface area contributed by atoms with Crippen molar-refractivity contribution in [2.45, 2.75) is 64.0 Å². The van der Waals surface area contributed by atoms with Crippen LogP contribution in [0.15, 0.2) is 66.9 Å². The summed E-state index contributed by atoms with van der Waals surface area (Å²) in [5.41, 5.74) is 1.05. The number of pyridine rings is 1. The second-order valence-electron chi connectivity index (χ2n) is 10.7. The Kier molecular flexibility index (Phi) is 10.4. The molecule has 41 heavy (non-hydrogen) atoms. The van der Waals surface area contributed by atoms with Gasteiger partial charge in [-0.05, 0) is 69.0 Å². The van der Waals surface area contributed by atoms with E-state index in [0.29, 0.717) is 43.7 Å². The van der Waals surface area contributed by atoms with E-state index in [0.717, 1.165) is 76.0 Å². The number of para-hydroxylation sites is 3. The second-order valence-corrected chi connectivity index (χ2v) is 10.7. The van der Waals surface area contributed by atoms with E-state index in [1.807, 2.05) is 35.2 Å². The summed E-state index contributed by atoms with van der Waals surface area (Å²) in [6, 6.07) is 18.6. The van der Waals surface area contributed by atoms with Crippen LogP contribution in [0.4, 0.5) is 4.39 Å². The zero-order valence-corrected chi connectivity index (χ0v) is 23.7. The summed E-state index contributed by atoms with van der Waals surface area (Å²) in [7, 11) is 0. The lowest BCUT2D eigenvalue weighted by Crippen LogP contribution is -2.46. The molecule has 5 rings (SSSR count). The Balaban J connectivity index is 1.17. The van der Waals surface area contributed by atoms with E-state index < -0.39 is 0 Å². The number of fused-ring (bicyclic) bond motifs is 2. The predicted molar refractivity (Wildman–Crippen MR) is 156 cm³/mol. The monoisotopic (exact) mass is 561 g/mol. The van der Waals surface area contributed by atoms with Crippen LogP contribution in [-0.4, -0.2) is 59.6 Å². The normalized spacial score (nSPS) is 17.3. The molecule has 1 amide bonds. The van der Waals surface area contributed by atoms with Gasteiger partial charge in [0.15, 0.2) is 23.1 Å². The maximum Gasteiger partial charge on any atom is 0.223 e. The van der Waals surface area contributed by atoms with Crippen LogP contribution in [0, 0.1) is 5.82 Å². The lowest BCUT2D eigenvalue weighted by atomic mass is 10.0. The summed E-state index contributed by atoms with van der Waals surface area (Å²) in [6.45, 7) is 4.23. The Morgan fingerprint density at radius 2 is 1.71 bits per heavy atom. The zero-order valence-electron chi connectivity index (χ0n) is 23.7.